The van der Waals surface area contributed by atoms with E-state index in [1.165, 1.54) is 360 Å². The fourth-order valence-corrected chi connectivity index (χ4v) is 12.6. The monoisotopic (exact) mass is 1220 g/mol. The Balaban J connectivity index is 3.41. The van der Waals surface area contributed by atoms with Crippen molar-refractivity contribution in [2.24, 2.45) is 0 Å². The molecule has 0 aliphatic carbocycles. The number of aliphatic hydroxyl groups is 2. The van der Waals surface area contributed by atoms with Gasteiger partial charge in [-0.3, -0.25) is 9.59 Å². The Kier molecular flexibility index (Phi) is 74.8. The molecule has 2 atom stereocenters. The van der Waals surface area contributed by atoms with Gasteiger partial charge in [-0.1, -0.05) is 384 Å². The molecule has 0 aromatic rings. The first kappa shape index (κ1) is 85.1. The largest absolute Gasteiger partial charge is 0.466 e. The number of amides is 1. The first-order valence-electron chi connectivity index (χ1n) is 39.7. The lowest BCUT2D eigenvalue weighted by atomic mass is 10.0. The molecule has 0 radical (unpaired) electrons. The van der Waals surface area contributed by atoms with Crippen LogP contribution in [0.5, 0.6) is 0 Å². The number of hydrogen-bond donors (Lipinski definition) is 3. The molecule has 0 spiro atoms. The van der Waals surface area contributed by atoms with Crippen LogP contribution >= 0.6 is 0 Å². The van der Waals surface area contributed by atoms with Crippen LogP contribution < -0.4 is 5.32 Å². The van der Waals surface area contributed by atoms with Crippen LogP contribution in [0.3, 0.4) is 0 Å². The average molecular weight is 1220 g/mol. The zero-order valence-corrected chi connectivity index (χ0v) is 59.0. The highest BCUT2D eigenvalue weighted by molar-refractivity contribution is 5.76. The standard InChI is InChI=1S/C81H155NO5/c1-3-5-7-9-11-13-15-17-19-21-23-24-25-29-32-35-38-41-45-49-53-57-61-65-69-73-79(84)78(77-83)82-80(85)74-70-66-62-58-54-50-46-42-39-36-33-30-27-26-28-31-34-37-40-44-48-52-56-60-64-68-72-76-87-81(86)75-71-67-63-59-55-51-47-43-22-20-18-16-14-12-10-8-6-4-2/h20,22,26-27,31,34,78-79,83-84H,3-19,21,23-25,28-30,32-33,35-77H2,1-2H3,(H,82,85)/b22-20-,27-26-,34-31-. The SMILES string of the molecule is CCCCCCCCC/C=C\CCCCCCCCCC(=O)OCCCCCCCCCCC/C=C\C/C=C\CCCCCCCCCCCCCC(=O)NC(CO)C(O)CCCCCCCCCCCCCCCCCCCCCCCCCCC. The number of aliphatic hydroxyl groups excluding tert-OH is 2. The molecule has 0 aromatic heterocycles. The van der Waals surface area contributed by atoms with Gasteiger partial charge in [0, 0.05) is 12.8 Å². The summed E-state index contributed by atoms with van der Waals surface area (Å²) < 4.78 is 5.50. The molecule has 514 valence electrons. The summed E-state index contributed by atoms with van der Waals surface area (Å²) in [6.07, 6.45) is 99.4. The van der Waals surface area contributed by atoms with Crippen molar-refractivity contribution in [1.29, 1.82) is 0 Å². The van der Waals surface area contributed by atoms with Crippen molar-refractivity contribution < 1.29 is 24.5 Å². The van der Waals surface area contributed by atoms with E-state index in [4.69, 9.17) is 4.74 Å². The van der Waals surface area contributed by atoms with Crippen molar-refractivity contribution in [1.82, 2.24) is 5.32 Å². The van der Waals surface area contributed by atoms with Gasteiger partial charge in [-0.05, 0) is 83.5 Å². The molecule has 0 heterocycles. The van der Waals surface area contributed by atoms with Gasteiger partial charge in [0.2, 0.25) is 5.91 Å². The Morgan fingerprint density at radius 2 is 0.575 bits per heavy atom. The molecule has 6 nitrogen and oxygen atoms in total. The average Bonchev–Trinajstić information content (AvgIpc) is 3.52. The Bertz CT molecular complexity index is 1410. The van der Waals surface area contributed by atoms with Gasteiger partial charge in [-0.2, -0.15) is 0 Å². The molecule has 0 rings (SSSR count). The topological polar surface area (TPSA) is 95.9 Å². The van der Waals surface area contributed by atoms with Gasteiger partial charge in [-0.15, -0.1) is 0 Å². The van der Waals surface area contributed by atoms with Crippen molar-refractivity contribution in [2.45, 2.75) is 456 Å². The lowest BCUT2D eigenvalue weighted by Gasteiger charge is -2.22. The molecule has 0 saturated carbocycles. The molecule has 0 saturated heterocycles. The van der Waals surface area contributed by atoms with Crippen LogP contribution in [-0.4, -0.2) is 47.4 Å². The Labute approximate surface area is 544 Å². The van der Waals surface area contributed by atoms with Gasteiger partial charge in [0.1, 0.15) is 0 Å². The van der Waals surface area contributed by atoms with Crippen LogP contribution in [0.25, 0.3) is 0 Å². The van der Waals surface area contributed by atoms with Gasteiger partial charge in [0.25, 0.3) is 0 Å². The summed E-state index contributed by atoms with van der Waals surface area (Å²) in [5.41, 5.74) is 0. The van der Waals surface area contributed by atoms with E-state index in [9.17, 15) is 19.8 Å². The van der Waals surface area contributed by atoms with Crippen LogP contribution in [0.15, 0.2) is 36.5 Å². The molecule has 0 aromatic carbocycles. The highest BCUT2D eigenvalue weighted by Gasteiger charge is 2.20. The number of carbonyl (C=O) groups excluding carboxylic acids is 2. The number of allylic oxidation sites excluding steroid dienone is 6. The number of esters is 1. The summed E-state index contributed by atoms with van der Waals surface area (Å²) in [5, 5.41) is 23.5. The van der Waals surface area contributed by atoms with Crippen molar-refractivity contribution in [2.75, 3.05) is 13.2 Å². The van der Waals surface area contributed by atoms with E-state index >= 15 is 0 Å². The quantitative estimate of drug-likeness (QED) is 0.0320. The molecule has 3 N–H and O–H groups in total. The predicted octanol–water partition coefficient (Wildman–Crippen LogP) is 26.2. The molecule has 2 unspecified atom stereocenters. The maximum atomic E-state index is 12.6. The van der Waals surface area contributed by atoms with Gasteiger partial charge in [0.15, 0.2) is 0 Å². The van der Waals surface area contributed by atoms with E-state index in [1.807, 2.05) is 0 Å². The number of ether oxygens (including phenoxy) is 1. The maximum absolute atomic E-state index is 12.6. The summed E-state index contributed by atoms with van der Waals surface area (Å²) in [4.78, 5) is 24.7. The second-order valence-electron chi connectivity index (χ2n) is 27.4. The first-order chi connectivity index (χ1) is 43.0. The molecule has 0 aliphatic rings. The number of hydrogen-bond acceptors (Lipinski definition) is 5. The molecular weight excluding hydrogens is 1070 g/mol. The Hall–Kier alpha value is -1.92. The third kappa shape index (κ3) is 73.0. The normalized spacial score (nSPS) is 12.6. The van der Waals surface area contributed by atoms with E-state index < -0.39 is 12.1 Å². The molecule has 1 amide bonds. The summed E-state index contributed by atoms with van der Waals surface area (Å²) in [6.45, 7) is 4.99. The number of carbonyl (C=O) groups is 2. The van der Waals surface area contributed by atoms with Crippen molar-refractivity contribution in [3.8, 4) is 0 Å². The minimum Gasteiger partial charge on any atom is -0.466 e. The number of rotatable bonds is 75. The van der Waals surface area contributed by atoms with Crippen molar-refractivity contribution in [3.63, 3.8) is 0 Å². The summed E-state index contributed by atoms with van der Waals surface area (Å²) in [5.74, 6) is -0.0242. The molecular formula is C81H155NO5. The van der Waals surface area contributed by atoms with Crippen LogP contribution in [0, 0.1) is 0 Å². The Morgan fingerprint density at radius 3 is 0.885 bits per heavy atom. The summed E-state index contributed by atoms with van der Waals surface area (Å²) in [7, 11) is 0. The fourth-order valence-electron chi connectivity index (χ4n) is 12.6. The predicted molar refractivity (Wildman–Crippen MR) is 384 cm³/mol. The third-order valence-corrected chi connectivity index (χ3v) is 18.7. The zero-order valence-electron chi connectivity index (χ0n) is 59.0. The van der Waals surface area contributed by atoms with Crippen molar-refractivity contribution in [3.05, 3.63) is 36.5 Å². The van der Waals surface area contributed by atoms with E-state index in [0.29, 0.717) is 25.9 Å². The summed E-state index contributed by atoms with van der Waals surface area (Å²) in [6, 6.07) is -0.546. The van der Waals surface area contributed by atoms with Crippen LogP contribution in [0.4, 0.5) is 0 Å². The smallest absolute Gasteiger partial charge is 0.305 e. The second-order valence-corrected chi connectivity index (χ2v) is 27.4. The van der Waals surface area contributed by atoms with Gasteiger partial charge >= 0.3 is 5.97 Å². The minimum absolute atomic E-state index is 0.00873. The molecule has 87 heavy (non-hydrogen) atoms. The molecule has 0 fully saturated rings. The minimum atomic E-state index is -0.669. The molecule has 0 bridgehead atoms. The van der Waals surface area contributed by atoms with Crippen LogP contribution in [0.1, 0.15) is 444 Å². The van der Waals surface area contributed by atoms with Gasteiger partial charge in [0.05, 0.1) is 25.4 Å². The molecule has 6 heteroatoms. The second kappa shape index (κ2) is 76.5. The maximum Gasteiger partial charge on any atom is 0.305 e. The van der Waals surface area contributed by atoms with Gasteiger partial charge < -0.3 is 20.3 Å². The lowest BCUT2D eigenvalue weighted by Crippen LogP contribution is -2.45. The lowest BCUT2D eigenvalue weighted by molar-refractivity contribution is -0.143. The van der Waals surface area contributed by atoms with Crippen LogP contribution in [-0.2, 0) is 14.3 Å². The fraction of sp³-hybridized carbons (Fsp3) is 0.901. The number of nitrogens with one attached hydrogen (secondary N) is 1. The summed E-state index contributed by atoms with van der Waals surface area (Å²) >= 11 is 0. The highest BCUT2D eigenvalue weighted by atomic mass is 16.5. The van der Waals surface area contributed by atoms with Gasteiger partial charge in [-0.25, -0.2) is 0 Å². The molecule has 0 aliphatic heterocycles. The van der Waals surface area contributed by atoms with Crippen molar-refractivity contribution >= 4 is 11.9 Å². The zero-order chi connectivity index (χ0) is 62.8. The Morgan fingerprint density at radius 1 is 0.322 bits per heavy atom. The van der Waals surface area contributed by atoms with Crippen LogP contribution in [0.2, 0.25) is 0 Å². The van der Waals surface area contributed by atoms with E-state index in [2.05, 4.69) is 55.6 Å². The van der Waals surface area contributed by atoms with E-state index in [-0.39, 0.29) is 18.5 Å². The number of unbranched alkanes of at least 4 members (excludes halogenated alkanes) is 58. The van der Waals surface area contributed by atoms with E-state index in [0.717, 1.165) is 51.4 Å². The first-order valence-corrected chi connectivity index (χ1v) is 39.7. The third-order valence-electron chi connectivity index (χ3n) is 18.7. The van der Waals surface area contributed by atoms with E-state index in [1.54, 1.807) is 0 Å². The highest BCUT2D eigenvalue weighted by Crippen LogP contribution is 2.20.